The standard InChI is InChI=1S/C40H56ClN3O11S.C12H12ClNO3/c1-11-23-20-40(23,36(48)43-56(49,50)55-39(9)15-16-39)21-28(45)27-17-24(22-44(27)35(47)26(37(3,4)5)18-32(46)54-38(6,7)8)53-30-19-31(52-12-2)42-34-25(30)13-14-29(51-10)33(34)41;1-3-17-10-6-8(15)7-4-5-9(16-2)11(13)12(7)14-10/h13-14,19,23-24,26-27H,11-12,15-18,20-22H2,1-10H3,(H,43,48);4-6H,3H2,1-2H3,(H,14,15)/t23-,24-,26-,27+,40-;/m1./s1. The number of amides is 2. The Balaban J connectivity index is 0.000000429. The van der Waals surface area contributed by atoms with Crippen LogP contribution in [0, 0.1) is 22.7 Å². The number of esters is 1. The van der Waals surface area contributed by atoms with Crippen molar-refractivity contribution >= 4 is 78.9 Å². The molecule has 5 atom stereocenters. The molecule has 1 saturated heterocycles. The van der Waals surface area contributed by atoms with Crippen LogP contribution < -0.4 is 33.8 Å². The van der Waals surface area contributed by atoms with Gasteiger partial charge in [-0.2, -0.15) is 8.42 Å². The molecular formula is C52H68Cl2N4O14S. The quantitative estimate of drug-likeness (QED) is 0.0836. The summed E-state index contributed by atoms with van der Waals surface area (Å²) in [7, 11) is -1.41. The highest BCUT2D eigenvalue weighted by molar-refractivity contribution is 7.85. The molecule has 2 saturated carbocycles. The molecule has 2 aliphatic carbocycles. The zero-order chi connectivity index (χ0) is 54.0. The van der Waals surface area contributed by atoms with Crippen molar-refractivity contribution in [1.29, 1.82) is 0 Å². The number of carbonyl (C=O) groups excluding carboxylic acids is 4. The van der Waals surface area contributed by atoms with Gasteiger partial charge < -0.3 is 38.3 Å². The number of rotatable bonds is 19. The Bertz CT molecular complexity index is 2910. The molecule has 21 heteroatoms. The van der Waals surface area contributed by atoms with E-state index in [2.05, 4.69) is 14.7 Å². The van der Waals surface area contributed by atoms with Crippen LogP contribution in [-0.2, 0) is 38.4 Å². The van der Waals surface area contributed by atoms with Crippen molar-refractivity contribution in [3.05, 3.63) is 56.7 Å². The fourth-order valence-electron chi connectivity index (χ4n) is 9.10. The Kier molecular flexibility index (Phi) is 17.3. The van der Waals surface area contributed by atoms with Crippen molar-refractivity contribution in [2.24, 2.45) is 22.7 Å². The number of carbonyl (C=O) groups is 4. The van der Waals surface area contributed by atoms with Gasteiger partial charge in [-0.3, -0.25) is 24.0 Å². The third kappa shape index (κ3) is 13.5. The maximum Gasteiger partial charge on any atom is 0.362 e. The summed E-state index contributed by atoms with van der Waals surface area (Å²) in [6.07, 6.45) is 0.720. The highest BCUT2D eigenvalue weighted by atomic mass is 35.5. The molecule has 1 aliphatic heterocycles. The van der Waals surface area contributed by atoms with E-state index in [-0.39, 0.29) is 48.1 Å². The average molecular weight is 1080 g/mol. The van der Waals surface area contributed by atoms with Crippen molar-refractivity contribution < 1.29 is 60.2 Å². The summed E-state index contributed by atoms with van der Waals surface area (Å²) in [4.78, 5) is 77.0. The number of benzene rings is 2. The number of aromatic nitrogens is 2. The second-order valence-corrected chi connectivity index (χ2v) is 23.1. The van der Waals surface area contributed by atoms with Crippen LogP contribution >= 0.6 is 23.2 Å². The molecule has 0 spiro atoms. The van der Waals surface area contributed by atoms with Crippen LogP contribution in [0.15, 0.2) is 41.2 Å². The summed E-state index contributed by atoms with van der Waals surface area (Å²) < 4.78 is 66.7. The number of nitrogens with one attached hydrogen (secondary N) is 2. The number of pyridine rings is 2. The number of methoxy groups -OCH3 is 2. The third-order valence-corrected chi connectivity index (χ3v) is 15.0. The van der Waals surface area contributed by atoms with Crippen LogP contribution in [-0.4, -0.2) is 104 Å². The molecular weight excluding hydrogens is 1010 g/mol. The minimum Gasteiger partial charge on any atom is -0.495 e. The lowest BCUT2D eigenvalue weighted by molar-refractivity contribution is -0.161. The van der Waals surface area contributed by atoms with E-state index in [0.29, 0.717) is 88.9 Å². The lowest BCUT2D eigenvalue weighted by Gasteiger charge is -2.35. The zero-order valence-corrected chi connectivity index (χ0v) is 45.9. The van der Waals surface area contributed by atoms with Gasteiger partial charge in [0.05, 0.1) is 68.9 Å². The number of halogens is 2. The highest BCUT2D eigenvalue weighted by Gasteiger charge is 2.62. The Labute approximate surface area is 436 Å². The predicted octanol–water partition coefficient (Wildman–Crippen LogP) is 8.93. The summed E-state index contributed by atoms with van der Waals surface area (Å²) in [5.41, 5.74) is -2.89. The summed E-state index contributed by atoms with van der Waals surface area (Å²) in [5.74, 6) is -1.43. The largest absolute Gasteiger partial charge is 0.495 e. The first-order chi connectivity index (χ1) is 34.1. The van der Waals surface area contributed by atoms with Crippen LogP contribution in [0.1, 0.15) is 114 Å². The maximum absolute atomic E-state index is 14.7. The topological polar surface area (TPSA) is 228 Å². The van der Waals surface area contributed by atoms with Crippen molar-refractivity contribution in [1.82, 2.24) is 19.6 Å². The Morgan fingerprint density at radius 1 is 0.904 bits per heavy atom. The van der Waals surface area contributed by atoms with E-state index < -0.39 is 74.0 Å². The van der Waals surface area contributed by atoms with Gasteiger partial charge in [0.1, 0.15) is 44.5 Å². The number of fused-ring (bicyclic) bond motifs is 2. The molecule has 3 heterocycles. The number of hydrogen-bond donors (Lipinski definition) is 2. The lowest BCUT2D eigenvalue weighted by Crippen LogP contribution is -2.49. The fraction of sp³-hybridized carbons (Fsp3) is 0.577. The number of ether oxygens (including phenoxy) is 6. The van der Waals surface area contributed by atoms with Crippen molar-refractivity contribution in [2.45, 2.75) is 138 Å². The zero-order valence-electron chi connectivity index (χ0n) is 43.6. The van der Waals surface area contributed by atoms with Crippen molar-refractivity contribution in [3.63, 3.8) is 0 Å². The van der Waals surface area contributed by atoms with Gasteiger partial charge in [0, 0.05) is 35.7 Å². The van der Waals surface area contributed by atoms with E-state index in [4.69, 9.17) is 55.8 Å². The van der Waals surface area contributed by atoms with Gasteiger partial charge in [0.2, 0.25) is 17.7 Å². The molecule has 2 aromatic carbocycles. The first-order valence-corrected chi connectivity index (χ1v) is 26.6. The van der Waals surface area contributed by atoms with Crippen LogP contribution in [0.5, 0.6) is 29.0 Å². The molecule has 3 aliphatic rings. The van der Waals surface area contributed by atoms with Gasteiger partial charge in [0.15, 0.2) is 17.1 Å². The van der Waals surface area contributed by atoms with E-state index in [9.17, 15) is 32.4 Å². The van der Waals surface area contributed by atoms with Crippen molar-refractivity contribution in [2.75, 3.05) is 34.0 Å². The molecule has 2 amide bonds. The van der Waals surface area contributed by atoms with Gasteiger partial charge in [-0.25, -0.2) is 13.9 Å². The number of H-pyrrole nitrogens is 1. The van der Waals surface area contributed by atoms with Gasteiger partial charge in [-0.05, 0) is 96.4 Å². The normalized spacial score (nSPS) is 20.6. The molecule has 0 unspecified atom stereocenters. The fourth-order valence-corrected chi connectivity index (χ4v) is 10.8. The molecule has 2 N–H and O–H groups in total. The molecule has 7 rings (SSSR count). The van der Waals surface area contributed by atoms with E-state index in [0.717, 1.165) is 0 Å². The number of likely N-dealkylation sites (tertiary alicyclic amines) is 1. The van der Waals surface area contributed by atoms with E-state index in [1.54, 1.807) is 58.0 Å². The average Bonchev–Trinajstić information content (AvgIpc) is 4.16. The lowest BCUT2D eigenvalue weighted by atomic mass is 9.77. The Hall–Kier alpha value is -5.37. The number of hydrogen-bond acceptors (Lipinski definition) is 15. The number of ketones is 1. The van der Waals surface area contributed by atoms with Crippen LogP contribution in [0.4, 0.5) is 0 Å². The van der Waals surface area contributed by atoms with Gasteiger partial charge in [0.25, 0.3) is 0 Å². The summed E-state index contributed by atoms with van der Waals surface area (Å²) in [6, 6.07) is 8.75. The third-order valence-electron chi connectivity index (χ3n) is 13.2. The molecule has 400 valence electrons. The Morgan fingerprint density at radius 2 is 1.53 bits per heavy atom. The second kappa shape index (κ2) is 22.2. The first kappa shape index (κ1) is 56.9. The molecule has 73 heavy (non-hydrogen) atoms. The number of nitrogens with zero attached hydrogens (tertiary/aromatic N) is 2. The summed E-state index contributed by atoms with van der Waals surface area (Å²) >= 11 is 12.8. The van der Waals surface area contributed by atoms with Crippen LogP contribution in [0.2, 0.25) is 10.0 Å². The summed E-state index contributed by atoms with van der Waals surface area (Å²) in [6.45, 7) is 18.7. The van der Waals surface area contributed by atoms with Crippen molar-refractivity contribution in [3.8, 4) is 29.0 Å². The maximum atomic E-state index is 14.7. The molecule has 0 bridgehead atoms. The van der Waals surface area contributed by atoms with E-state index in [1.807, 2.05) is 41.5 Å². The Morgan fingerprint density at radius 3 is 2.10 bits per heavy atom. The van der Waals surface area contributed by atoms with Crippen LogP contribution in [0.3, 0.4) is 0 Å². The van der Waals surface area contributed by atoms with Gasteiger partial charge >= 0.3 is 16.3 Å². The molecule has 2 aromatic heterocycles. The highest BCUT2D eigenvalue weighted by Crippen LogP contribution is 2.58. The summed E-state index contributed by atoms with van der Waals surface area (Å²) in [5, 5.41) is 1.69. The van der Waals surface area contributed by atoms with E-state index >= 15 is 0 Å². The SMILES string of the molecule is CCOc1cc(=O)c2ccc(OC)c(Cl)c2[nH]1.CCOc1cc(O[C@@H]2C[C@@H](C(=O)C[C@]3(C(=O)NS(=O)(=O)OC4(C)CC4)C[C@H]3CC)N(C(=O)[C@@H](CC(=O)OC(C)(C)C)C(C)(C)C)C2)c2ccc(OC)c(Cl)c2n1. The molecule has 18 nitrogen and oxygen atoms in total. The minimum atomic E-state index is -4.43. The smallest absolute Gasteiger partial charge is 0.362 e. The first-order valence-electron chi connectivity index (χ1n) is 24.4. The molecule has 4 aromatic rings. The van der Waals surface area contributed by atoms with Gasteiger partial charge in [-0.1, -0.05) is 57.3 Å². The monoisotopic (exact) mass is 1070 g/mol. The molecule has 0 radical (unpaired) electrons. The van der Waals surface area contributed by atoms with E-state index in [1.165, 1.54) is 25.2 Å². The predicted molar refractivity (Wildman–Crippen MR) is 276 cm³/mol. The van der Waals surface area contributed by atoms with Crippen LogP contribution in [0.25, 0.3) is 21.8 Å². The number of Topliss-reactive ketones (excluding diaryl/α,β-unsaturated/α-hetero) is 1. The minimum absolute atomic E-state index is 0.0228. The van der Waals surface area contributed by atoms with Gasteiger partial charge in [-0.15, -0.1) is 0 Å². The molecule has 3 fully saturated rings. The second-order valence-electron chi connectivity index (χ2n) is 21.0. The number of aromatic amines is 1.